The molecular formula is C16H9F3O2. The van der Waals surface area contributed by atoms with Crippen LogP contribution in [0.25, 0.3) is 22.3 Å². The summed E-state index contributed by atoms with van der Waals surface area (Å²) < 4.78 is 43.7. The topological polar surface area (TPSA) is 30.2 Å². The third kappa shape index (κ3) is 2.54. The lowest BCUT2D eigenvalue weighted by Gasteiger charge is -2.07. The molecule has 0 bridgehead atoms. The van der Waals surface area contributed by atoms with Crippen LogP contribution in [0, 0.1) is 0 Å². The summed E-state index contributed by atoms with van der Waals surface area (Å²) in [4.78, 5) is 10.7. The first kappa shape index (κ1) is 13.4. The molecule has 0 aliphatic rings. The van der Waals surface area contributed by atoms with Crippen LogP contribution in [0.2, 0.25) is 0 Å². The van der Waals surface area contributed by atoms with E-state index in [1.54, 1.807) is 30.3 Å². The van der Waals surface area contributed by atoms with Crippen LogP contribution in [0.4, 0.5) is 13.2 Å². The molecule has 3 rings (SSSR count). The van der Waals surface area contributed by atoms with Crippen molar-refractivity contribution in [1.29, 1.82) is 0 Å². The molecule has 0 fully saturated rings. The predicted molar refractivity (Wildman–Crippen MR) is 72.0 cm³/mol. The number of alkyl halides is 3. The molecule has 3 aromatic rings. The van der Waals surface area contributed by atoms with Gasteiger partial charge in [-0.1, -0.05) is 12.1 Å². The molecule has 0 saturated heterocycles. The fourth-order valence-electron chi connectivity index (χ4n) is 2.13. The highest BCUT2D eigenvalue weighted by molar-refractivity contribution is 5.88. The maximum Gasteiger partial charge on any atom is 0.416 e. The number of benzene rings is 2. The Balaban J connectivity index is 2.10. The van der Waals surface area contributed by atoms with Crippen molar-refractivity contribution in [3.63, 3.8) is 0 Å². The van der Waals surface area contributed by atoms with E-state index < -0.39 is 11.7 Å². The lowest BCUT2D eigenvalue weighted by atomic mass is 10.1. The van der Waals surface area contributed by atoms with Gasteiger partial charge in [0.2, 0.25) is 0 Å². The Labute approximate surface area is 117 Å². The molecule has 0 aliphatic heterocycles. The molecule has 21 heavy (non-hydrogen) atoms. The first-order valence-electron chi connectivity index (χ1n) is 6.14. The SMILES string of the molecule is O=Cc1ccc2oc(-c3cccc(C(F)(F)F)c3)cc2c1. The zero-order valence-electron chi connectivity index (χ0n) is 10.6. The highest BCUT2D eigenvalue weighted by atomic mass is 19.4. The Hall–Kier alpha value is -2.56. The maximum absolute atomic E-state index is 12.7. The van der Waals surface area contributed by atoms with Gasteiger partial charge in [0.1, 0.15) is 17.6 Å². The van der Waals surface area contributed by atoms with Gasteiger partial charge < -0.3 is 4.42 Å². The van der Waals surface area contributed by atoms with Crippen molar-refractivity contribution >= 4 is 17.3 Å². The van der Waals surface area contributed by atoms with Gasteiger partial charge in [0.15, 0.2) is 0 Å². The zero-order valence-corrected chi connectivity index (χ0v) is 10.6. The molecule has 5 heteroatoms. The van der Waals surface area contributed by atoms with E-state index in [4.69, 9.17) is 4.42 Å². The normalized spacial score (nSPS) is 11.8. The summed E-state index contributed by atoms with van der Waals surface area (Å²) in [6, 6.07) is 11.4. The average molecular weight is 290 g/mol. The first-order valence-corrected chi connectivity index (χ1v) is 6.14. The van der Waals surface area contributed by atoms with E-state index in [2.05, 4.69) is 0 Å². The third-order valence-corrected chi connectivity index (χ3v) is 3.15. The predicted octanol–water partition coefficient (Wildman–Crippen LogP) is 4.93. The van der Waals surface area contributed by atoms with Crippen LogP contribution in [0.3, 0.4) is 0 Å². The Morgan fingerprint density at radius 2 is 1.81 bits per heavy atom. The molecule has 1 aromatic heterocycles. The van der Waals surface area contributed by atoms with Crippen LogP contribution in [0.5, 0.6) is 0 Å². The number of hydrogen-bond acceptors (Lipinski definition) is 2. The largest absolute Gasteiger partial charge is 0.456 e. The third-order valence-electron chi connectivity index (χ3n) is 3.15. The number of furan rings is 1. The van der Waals surface area contributed by atoms with E-state index in [-0.39, 0.29) is 0 Å². The van der Waals surface area contributed by atoms with Crippen LogP contribution in [0.15, 0.2) is 52.9 Å². The average Bonchev–Trinajstić information content (AvgIpc) is 2.89. The van der Waals surface area contributed by atoms with Crippen molar-refractivity contribution in [3.8, 4) is 11.3 Å². The molecule has 1 heterocycles. The Kier molecular flexibility index (Phi) is 3.05. The van der Waals surface area contributed by atoms with Gasteiger partial charge in [-0.3, -0.25) is 4.79 Å². The number of hydrogen-bond donors (Lipinski definition) is 0. The zero-order chi connectivity index (χ0) is 15.0. The smallest absolute Gasteiger partial charge is 0.416 e. The minimum absolute atomic E-state index is 0.333. The molecule has 0 radical (unpaired) electrons. The van der Waals surface area contributed by atoms with Crippen LogP contribution in [0.1, 0.15) is 15.9 Å². The van der Waals surface area contributed by atoms with E-state index in [0.29, 0.717) is 34.1 Å². The van der Waals surface area contributed by atoms with Gasteiger partial charge in [-0.25, -0.2) is 0 Å². The minimum atomic E-state index is -4.40. The molecule has 0 spiro atoms. The quantitative estimate of drug-likeness (QED) is 0.626. The van der Waals surface area contributed by atoms with E-state index in [9.17, 15) is 18.0 Å². The van der Waals surface area contributed by atoms with Crippen molar-refractivity contribution in [1.82, 2.24) is 0 Å². The fraction of sp³-hybridized carbons (Fsp3) is 0.0625. The molecule has 0 unspecified atom stereocenters. The molecular weight excluding hydrogens is 281 g/mol. The fourth-order valence-corrected chi connectivity index (χ4v) is 2.13. The second kappa shape index (κ2) is 4.77. The number of aldehydes is 1. The molecule has 2 aromatic carbocycles. The highest BCUT2D eigenvalue weighted by Crippen LogP contribution is 2.34. The van der Waals surface area contributed by atoms with Crippen molar-refractivity contribution < 1.29 is 22.4 Å². The van der Waals surface area contributed by atoms with E-state index in [1.165, 1.54) is 6.07 Å². The molecule has 0 atom stereocenters. The van der Waals surface area contributed by atoms with Gasteiger partial charge in [-0.15, -0.1) is 0 Å². The number of fused-ring (bicyclic) bond motifs is 1. The lowest BCUT2D eigenvalue weighted by Crippen LogP contribution is -2.04. The Morgan fingerprint density at radius 3 is 2.52 bits per heavy atom. The van der Waals surface area contributed by atoms with E-state index in [0.717, 1.165) is 12.1 Å². The molecule has 0 amide bonds. The second-order valence-corrected chi connectivity index (χ2v) is 4.60. The molecule has 0 N–H and O–H groups in total. The van der Waals surface area contributed by atoms with Gasteiger partial charge in [0, 0.05) is 16.5 Å². The molecule has 0 aliphatic carbocycles. The maximum atomic E-state index is 12.7. The summed E-state index contributed by atoms with van der Waals surface area (Å²) in [5, 5.41) is 0.673. The van der Waals surface area contributed by atoms with Crippen LogP contribution >= 0.6 is 0 Å². The summed E-state index contributed by atoms with van der Waals surface area (Å²) in [6.45, 7) is 0. The Morgan fingerprint density at radius 1 is 1.00 bits per heavy atom. The Bertz CT molecular complexity index is 816. The highest BCUT2D eigenvalue weighted by Gasteiger charge is 2.30. The number of carbonyl (C=O) groups excluding carboxylic acids is 1. The van der Waals surface area contributed by atoms with Gasteiger partial charge in [0.05, 0.1) is 5.56 Å². The first-order chi connectivity index (χ1) is 9.97. The summed E-state index contributed by atoms with van der Waals surface area (Å²) >= 11 is 0. The van der Waals surface area contributed by atoms with E-state index >= 15 is 0 Å². The summed E-state index contributed by atoms with van der Waals surface area (Å²) in [6.07, 6.45) is -3.69. The van der Waals surface area contributed by atoms with Crippen LogP contribution in [-0.4, -0.2) is 6.29 Å². The van der Waals surface area contributed by atoms with Gasteiger partial charge in [-0.05, 0) is 36.4 Å². The van der Waals surface area contributed by atoms with Crippen molar-refractivity contribution in [2.75, 3.05) is 0 Å². The van der Waals surface area contributed by atoms with Gasteiger partial charge in [-0.2, -0.15) is 13.2 Å². The summed E-state index contributed by atoms with van der Waals surface area (Å²) in [5.41, 5.74) is 0.620. The summed E-state index contributed by atoms with van der Waals surface area (Å²) in [7, 11) is 0. The van der Waals surface area contributed by atoms with Crippen LogP contribution in [-0.2, 0) is 6.18 Å². The second-order valence-electron chi connectivity index (χ2n) is 4.60. The molecule has 106 valence electrons. The van der Waals surface area contributed by atoms with E-state index in [1.807, 2.05) is 0 Å². The summed E-state index contributed by atoms with van der Waals surface area (Å²) in [5.74, 6) is 0.333. The minimum Gasteiger partial charge on any atom is -0.456 e. The number of rotatable bonds is 2. The lowest BCUT2D eigenvalue weighted by molar-refractivity contribution is -0.137. The monoisotopic (exact) mass is 290 g/mol. The van der Waals surface area contributed by atoms with Crippen molar-refractivity contribution in [2.24, 2.45) is 0 Å². The van der Waals surface area contributed by atoms with Crippen LogP contribution < -0.4 is 0 Å². The van der Waals surface area contributed by atoms with Crippen molar-refractivity contribution in [2.45, 2.75) is 6.18 Å². The standard InChI is InChI=1S/C16H9F3O2/c17-16(18,19)13-3-1-2-11(7-13)15-8-12-6-10(9-20)4-5-14(12)21-15/h1-9H. The molecule has 2 nitrogen and oxygen atoms in total. The molecule has 0 saturated carbocycles. The number of halogens is 3. The van der Waals surface area contributed by atoms with Crippen molar-refractivity contribution in [3.05, 3.63) is 59.7 Å². The van der Waals surface area contributed by atoms with Gasteiger partial charge >= 0.3 is 6.18 Å². The van der Waals surface area contributed by atoms with Gasteiger partial charge in [0.25, 0.3) is 0 Å². The number of carbonyl (C=O) groups is 1.